The van der Waals surface area contributed by atoms with Gasteiger partial charge in [-0.2, -0.15) is 0 Å². The van der Waals surface area contributed by atoms with E-state index in [1.807, 2.05) is 0 Å². The van der Waals surface area contributed by atoms with E-state index >= 15 is 0 Å². The Morgan fingerprint density at radius 1 is 1.43 bits per heavy atom. The maximum Gasteiger partial charge on any atom is 0.316 e. The third-order valence-corrected chi connectivity index (χ3v) is 0.945. The van der Waals surface area contributed by atoms with E-state index in [0.717, 1.165) is 0 Å². The second-order valence-electron chi connectivity index (χ2n) is 1.51. The van der Waals surface area contributed by atoms with Crippen LogP contribution in [0.3, 0.4) is 0 Å². The molecule has 0 aliphatic heterocycles. The van der Waals surface area contributed by atoms with Gasteiger partial charge in [0.2, 0.25) is 0 Å². The highest BCUT2D eigenvalue weighted by Gasteiger charge is 2.17. The van der Waals surface area contributed by atoms with Crippen molar-refractivity contribution in [1.82, 2.24) is 0 Å². The molecule has 0 aromatic heterocycles. The smallest absolute Gasteiger partial charge is 0.0825 e. The van der Waals surface area contributed by atoms with Crippen LogP contribution in [-0.2, 0) is 0 Å². The van der Waals surface area contributed by atoms with Crippen molar-refractivity contribution in [3.63, 3.8) is 0 Å². The summed E-state index contributed by atoms with van der Waals surface area (Å²) in [7, 11) is 0. The first-order chi connectivity index (χ1) is 2.93. The van der Waals surface area contributed by atoms with Crippen LogP contribution in [0.4, 0.5) is 0 Å². The van der Waals surface area contributed by atoms with Crippen LogP contribution in [0, 0.1) is 17.2 Å². The van der Waals surface area contributed by atoms with Gasteiger partial charge >= 0.3 is 23.1 Å². The Labute approximate surface area is 64.8 Å². The molecule has 1 saturated carbocycles. The minimum Gasteiger partial charge on any atom is -0.0825 e. The highest BCUT2D eigenvalue weighted by atomic mass is 35.5. The summed E-state index contributed by atoms with van der Waals surface area (Å²) in [5.74, 6) is 3.49. The molecule has 0 radical (unpaired) electrons. The van der Waals surface area contributed by atoms with Crippen molar-refractivity contribution in [3.8, 4) is 11.3 Å². The van der Waals surface area contributed by atoms with E-state index in [0.29, 0.717) is 5.92 Å². The van der Waals surface area contributed by atoms with Gasteiger partial charge in [-0.25, -0.2) is 0 Å². The maximum absolute atomic E-state index is 5.08. The lowest BCUT2D eigenvalue weighted by Crippen LogP contribution is -1.55. The van der Waals surface area contributed by atoms with Gasteiger partial charge in [-0.1, -0.05) is 5.92 Å². The largest absolute Gasteiger partial charge is 0.316 e. The Kier molecular flexibility index (Phi) is 3.91. The molecule has 0 saturated heterocycles. The standard InChI is InChI=1S/C5H5Cl.Mg.2H/c6-4-3-5-1-2-5;;;/h5H,1-2H2;;;. The molecular weight excluding hydrogens is 120 g/mol. The van der Waals surface area contributed by atoms with Gasteiger partial charge in [-0.3, -0.25) is 0 Å². The summed E-state index contributed by atoms with van der Waals surface area (Å²) < 4.78 is 0. The van der Waals surface area contributed by atoms with Crippen molar-refractivity contribution in [2.45, 2.75) is 12.8 Å². The SMILES string of the molecule is ClC#CC1CC1.[MgH2]. The lowest BCUT2D eigenvalue weighted by Gasteiger charge is -1.60. The van der Waals surface area contributed by atoms with Crippen molar-refractivity contribution in [1.29, 1.82) is 0 Å². The van der Waals surface area contributed by atoms with Crippen LogP contribution in [0.5, 0.6) is 0 Å². The van der Waals surface area contributed by atoms with Crippen molar-refractivity contribution in [2.75, 3.05) is 0 Å². The maximum atomic E-state index is 5.08. The van der Waals surface area contributed by atoms with Crippen molar-refractivity contribution < 1.29 is 0 Å². The van der Waals surface area contributed by atoms with Crippen LogP contribution in [0.1, 0.15) is 12.8 Å². The molecule has 0 bridgehead atoms. The fourth-order valence-corrected chi connectivity index (χ4v) is 0.459. The van der Waals surface area contributed by atoms with Gasteiger partial charge in [0.1, 0.15) is 0 Å². The van der Waals surface area contributed by atoms with Gasteiger partial charge in [-0.15, -0.1) is 0 Å². The minimum absolute atomic E-state index is 0. The topological polar surface area (TPSA) is 0 Å². The van der Waals surface area contributed by atoms with E-state index in [2.05, 4.69) is 11.3 Å². The summed E-state index contributed by atoms with van der Waals surface area (Å²) in [4.78, 5) is 0. The molecule has 0 nitrogen and oxygen atoms in total. The van der Waals surface area contributed by atoms with Crippen LogP contribution >= 0.6 is 11.6 Å². The molecule has 0 atom stereocenters. The van der Waals surface area contributed by atoms with Crippen molar-refractivity contribution >= 4 is 34.7 Å². The molecule has 36 valence electrons. The van der Waals surface area contributed by atoms with Gasteiger partial charge < -0.3 is 0 Å². The molecule has 7 heavy (non-hydrogen) atoms. The zero-order valence-corrected chi connectivity index (χ0v) is 4.13. The molecule has 0 spiro atoms. The van der Waals surface area contributed by atoms with Gasteiger partial charge in [0, 0.05) is 11.3 Å². The van der Waals surface area contributed by atoms with E-state index in [1.165, 1.54) is 12.8 Å². The molecule has 1 aliphatic rings. The third kappa shape index (κ3) is 3.22. The van der Waals surface area contributed by atoms with Crippen LogP contribution in [-0.4, -0.2) is 23.1 Å². The fraction of sp³-hybridized carbons (Fsp3) is 0.600. The summed E-state index contributed by atoms with van der Waals surface area (Å²) in [6.45, 7) is 0. The Morgan fingerprint density at radius 2 is 2.00 bits per heavy atom. The van der Waals surface area contributed by atoms with Gasteiger partial charge in [0.05, 0.1) is 0 Å². The molecule has 0 unspecified atom stereocenters. The van der Waals surface area contributed by atoms with E-state index in [4.69, 9.17) is 11.6 Å². The predicted octanol–water partition coefficient (Wildman–Crippen LogP) is 0.680. The molecule has 1 aliphatic carbocycles. The average molecular weight is 127 g/mol. The monoisotopic (exact) mass is 126 g/mol. The summed E-state index contributed by atoms with van der Waals surface area (Å²) >= 11 is 5.08. The van der Waals surface area contributed by atoms with Gasteiger partial charge in [0.25, 0.3) is 0 Å². The molecule has 0 N–H and O–H groups in total. The lowest BCUT2D eigenvalue weighted by molar-refractivity contribution is 1.18. The first kappa shape index (κ1) is 7.62. The number of hydrogen-bond acceptors (Lipinski definition) is 0. The second kappa shape index (κ2) is 3.60. The second-order valence-corrected chi connectivity index (χ2v) is 1.70. The zero-order valence-electron chi connectivity index (χ0n) is 3.37. The van der Waals surface area contributed by atoms with E-state index < -0.39 is 0 Å². The Morgan fingerprint density at radius 3 is 2.14 bits per heavy atom. The van der Waals surface area contributed by atoms with E-state index in [-0.39, 0.29) is 23.1 Å². The summed E-state index contributed by atoms with van der Waals surface area (Å²) in [5, 5.41) is 2.35. The molecular formula is C5H7ClMg. The Balaban J connectivity index is 0.000000360. The van der Waals surface area contributed by atoms with Crippen molar-refractivity contribution in [2.24, 2.45) is 5.92 Å². The van der Waals surface area contributed by atoms with Gasteiger partial charge in [-0.05, 0) is 24.4 Å². The number of rotatable bonds is 0. The normalized spacial score (nSPS) is 16.1. The zero-order chi connectivity index (χ0) is 4.41. The molecule has 1 rings (SSSR count). The lowest BCUT2D eigenvalue weighted by atomic mass is 10.5. The molecule has 2 heteroatoms. The third-order valence-electron chi connectivity index (χ3n) is 0.836. The molecule has 0 aromatic rings. The van der Waals surface area contributed by atoms with Crippen molar-refractivity contribution in [3.05, 3.63) is 0 Å². The minimum atomic E-state index is 0. The predicted molar refractivity (Wildman–Crippen MR) is 34.9 cm³/mol. The van der Waals surface area contributed by atoms with Crippen LogP contribution in [0.25, 0.3) is 0 Å². The summed E-state index contributed by atoms with van der Waals surface area (Å²) in [5.41, 5.74) is 0. The first-order valence-corrected chi connectivity index (χ1v) is 2.42. The highest BCUT2D eigenvalue weighted by Crippen LogP contribution is 2.27. The van der Waals surface area contributed by atoms with Crippen LogP contribution in [0.15, 0.2) is 0 Å². The summed E-state index contributed by atoms with van der Waals surface area (Å²) in [6, 6.07) is 0. The number of halogens is 1. The quantitative estimate of drug-likeness (QED) is 0.331. The van der Waals surface area contributed by atoms with E-state index in [1.54, 1.807) is 0 Å². The van der Waals surface area contributed by atoms with Crippen LogP contribution < -0.4 is 0 Å². The first-order valence-electron chi connectivity index (χ1n) is 2.04. The molecule has 0 aromatic carbocycles. The summed E-state index contributed by atoms with van der Waals surface area (Å²) in [6.07, 6.45) is 2.53. The molecule has 0 heterocycles. The molecule has 0 amide bonds. The molecule has 1 fully saturated rings. The van der Waals surface area contributed by atoms with E-state index in [9.17, 15) is 0 Å². The average Bonchev–Trinajstić information content (AvgIpc) is 2.21. The highest BCUT2D eigenvalue weighted by molar-refractivity contribution is 6.30. The Hall–Kier alpha value is 0.616. The fourth-order valence-electron chi connectivity index (χ4n) is 0.305. The number of hydrogen-bond donors (Lipinski definition) is 0. The Bertz CT molecular complexity index is 96.4. The van der Waals surface area contributed by atoms with Crippen LogP contribution in [0.2, 0.25) is 0 Å². The van der Waals surface area contributed by atoms with Gasteiger partial charge in [0.15, 0.2) is 0 Å².